The summed E-state index contributed by atoms with van der Waals surface area (Å²) in [6, 6.07) is 4.37. The molecule has 0 fully saturated rings. The van der Waals surface area contributed by atoms with E-state index in [4.69, 9.17) is 0 Å². The fourth-order valence-electron chi connectivity index (χ4n) is 1.42. The van der Waals surface area contributed by atoms with E-state index in [1.807, 2.05) is 6.92 Å². The molecule has 0 aliphatic carbocycles. The van der Waals surface area contributed by atoms with Gasteiger partial charge in [-0.3, -0.25) is 4.21 Å². The van der Waals surface area contributed by atoms with Crippen LogP contribution in [0.1, 0.15) is 12.5 Å². The third-order valence-corrected chi connectivity index (χ3v) is 4.30. The molecule has 0 aliphatic heterocycles. The molecule has 0 saturated heterocycles. The van der Waals surface area contributed by atoms with Crippen molar-refractivity contribution in [2.45, 2.75) is 19.8 Å². The largest absolute Gasteiger partial charge is 0.573 e. The summed E-state index contributed by atoms with van der Waals surface area (Å²) >= 11 is 3.04. The first-order chi connectivity index (χ1) is 9.31. The molecule has 0 saturated carbocycles. The van der Waals surface area contributed by atoms with Crippen molar-refractivity contribution in [2.75, 3.05) is 18.1 Å². The van der Waals surface area contributed by atoms with Crippen molar-refractivity contribution in [2.24, 2.45) is 0 Å². The van der Waals surface area contributed by atoms with Crippen molar-refractivity contribution in [3.05, 3.63) is 28.2 Å². The highest BCUT2D eigenvalue weighted by Crippen LogP contribution is 2.30. The highest BCUT2D eigenvalue weighted by Gasteiger charge is 2.31. The normalized spacial score (nSPS) is 13.2. The highest BCUT2D eigenvalue weighted by molar-refractivity contribution is 9.10. The number of alkyl halides is 3. The summed E-state index contributed by atoms with van der Waals surface area (Å²) in [4.78, 5) is 0. The van der Waals surface area contributed by atoms with Crippen molar-refractivity contribution in [3.8, 4) is 5.75 Å². The van der Waals surface area contributed by atoms with Crippen molar-refractivity contribution in [1.82, 2.24) is 5.32 Å². The van der Waals surface area contributed by atoms with Gasteiger partial charge >= 0.3 is 6.36 Å². The predicted molar refractivity (Wildman–Crippen MR) is 76.1 cm³/mol. The van der Waals surface area contributed by atoms with Gasteiger partial charge in [-0.2, -0.15) is 0 Å². The Hall–Kier alpha value is -0.600. The molecule has 0 heterocycles. The molecule has 0 spiro atoms. The monoisotopic (exact) mass is 373 g/mol. The molecule has 0 aromatic heterocycles. The Morgan fingerprint density at radius 2 is 2.10 bits per heavy atom. The Kier molecular flexibility index (Phi) is 6.97. The van der Waals surface area contributed by atoms with Gasteiger partial charge in [0.25, 0.3) is 0 Å². The number of rotatable bonds is 7. The van der Waals surface area contributed by atoms with Crippen LogP contribution in [0.15, 0.2) is 22.7 Å². The van der Waals surface area contributed by atoms with Gasteiger partial charge in [0.15, 0.2) is 0 Å². The third kappa shape index (κ3) is 6.71. The number of nitrogens with one attached hydrogen (secondary N) is 1. The summed E-state index contributed by atoms with van der Waals surface area (Å²) in [5, 5.41) is 3.08. The van der Waals surface area contributed by atoms with Crippen LogP contribution in [0.4, 0.5) is 13.2 Å². The fraction of sp³-hybridized carbons (Fsp3) is 0.500. The predicted octanol–water partition coefficient (Wildman–Crippen LogP) is 3.21. The van der Waals surface area contributed by atoms with Crippen molar-refractivity contribution < 1.29 is 22.1 Å². The van der Waals surface area contributed by atoms with Crippen LogP contribution in [0, 0.1) is 0 Å². The van der Waals surface area contributed by atoms with Gasteiger partial charge in [0.05, 0.1) is 4.47 Å². The fourth-order valence-corrected chi connectivity index (χ4v) is 2.59. The first-order valence-electron chi connectivity index (χ1n) is 5.91. The summed E-state index contributed by atoms with van der Waals surface area (Å²) in [6.07, 6.45) is -4.70. The van der Waals surface area contributed by atoms with Gasteiger partial charge in [0.2, 0.25) is 0 Å². The van der Waals surface area contributed by atoms with Crippen molar-refractivity contribution >= 4 is 26.7 Å². The van der Waals surface area contributed by atoms with E-state index in [0.717, 1.165) is 5.56 Å². The van der Waals surface area contributed by atoms with Gasteiger partial charge in [-0.05, 0) is 33.6 Å². The molecule has 1 aromatic carbocycles. The SMILES string of the molecule is CCS(=O)CCNCc1ccc(OC(F)(F)F)c(Br)c1. The van der Waals surface area contributed by atoms with Crippen LogP contribution in [0.25, 0.3) is 0 Å². The summed E-state index contributed by atoms with van der Waals surface area (Å²) in [6.45, 7) is 2.94. The van der Waals surface area contributed by atoms with E-state index in [1.165, 1.54) is 6.07 Å². The second kappa shape index (κ2) is 7.99. The zero-order valence-electron chi connectivity index (χ0n) is 10.8. The first kappa shape index (κ1) is 17.5. The molecule has 0 aliphatic rings. The summed E-state index contributed by atoms with van der Waals surface area (Å²) in [5.74, 6) is 0.914. The molecule has 1 unspecified atom stereocenters. The summed E-state index contributed by atoms with van der Waals surface area (Å²) < 4.78 is 51.6. The molecule has 0 radical (unpaired) electrons. The van der Waals surface area contributed by atoms with E-state index >= 15 is 0 Å². The second-order valence-electron chi connectivity index (χ2n) is 3.92. The molecular weight excluding hydrogens is 359 g/mol. The smallest absolute Gasteiger partial charge is 0.405 e. The molecule has 0 bridgehead atoms. The second-order valence-corrected chi connectivity index (χ2v) is 6.64. The number of halogens is 4. The van der Waals surface area contributed by atoms with Gasteiger partial charge in [0.1, 0.15) is 5.75 Å². The van der Waals surface area contributed by atoms with E-state index in [-0.39, 0.29) is 10.2 Å². The molecule has 114 valence electrons. The number of benzene rings is 1. The van der Waals surface area contributed by atoms with E-state index in [9.17, 15) is 17.4 Å². The maximum atomic E-state index is 12.1. The molecule has 1 atom stereocenters. The van der Waals surface area contributed by atoms with Crippen molar-refractivity contribution in [3.63, 3.8) is 0 Å². The lowest BCUT2D eigenvalue weighted by atomic mass is 10.2. The van der Waals surface area contributed by atoms with Crippen LogP contribution >= 0.6 is 15.9 Å². The average molecular weight is 374 g/mol. The Labute approximate surface area is 126 Å². The number of hydrogen-bond donors (Lipinski definition) is 1. The minimum Gasteiger partial charge on any atom is -0.405 e. The minimum absolute atomic E-state index is 0.242. The molecule has 3 nitrogen and oxygen atoms in total. The average Bonchev–Trinajstić information content (AvgIpc) is 2.36. The summed E-state index contributed by atoms with van der Waals surface area (Å²) in [5.41, 5.74) is 0.814. The van der Waals surface area contributed by atoms with Gasteiger partial charge < -0.3 is 10.1 Å². The molecule has 8 heteroatoms. The van der Waals surface area contributed by atoms with Gasteiger partial charge in [0, 0.05) is 35.4 Å². The maximum absolute atomic E-state index is 12.1. The zero-order chi connectivity index (χ0) is 15.2. The Morgan fingerprint density at radius 1 is 1.40 bits per heavy atom. The third-order valence-electron chi connectivity index (χ3n) is 2.38. The van der Waals surface area contributed by atoms with Crippen LogP contribution < -0.4 is 10.1 Å². The quantitative estimate of drug-likeness (QED) is 0.745. The standard InChI is InChI=1S/C12H15BrF3NO2S/c1-2-20(18)6-5-17-8-9-3-4-11(10(13)7-9)19-12(14,15)16/h3-4,7,17H,2,5-6,8H2,1H3. The molecular formula is C12H15BrF3NO2S. The lowest BCUT2D eigenvalue weighted by Gasteiger charge is -2.12. The maximum Gasteiger partial charge on any atom is 0.573 e. The van der Waals surface area contributed by atoms with Crippen LogP contribution in [-0.4, -0.2) is 28.6 Å². The van der Waals surface area contributed by atoms with Gasteiger partial charge in [-0.25, -0.2) is 0 Å². The molecule has 20 heavy (non-hydrogen) atoms. The number of ether oxygens (including phenoxy) is 1. The van der Waals surface area contributed by atoms with Crippen LogP contribution in [0.5, 0.6) is 5.75 Å². The van der Waals surface area contributed by atoms with Crippen LogP contribution in [-0.2, 0) is 17.3 Å². The Morgan fingerprint density at radius 3 is 2.65 bits per heavy atom. The Balaban J connectivity index is 2.49. The van der Waals surface area contributed by atoms with E-state index in [2.05, 4.69) is 26.0 Å². The molecule has 1 rings (SSSR count). The van der Waals surface area contributed by atoms with Crippen LogP contribution in [0.3, 0.4) is 0 Å². The molecule has 1 aromatic rings. The zero-order valence-corrected chi connectivity index (χ0v) is 13.2. The topological polar surface area (TPSA) is 38.3 Å². The Bertz CT molecular complexity index is 469. The molecule has 0 amide bonds. The lowest BCUT2D eigenvalue weighted by molar-refractivity contribution is -0.274. The first-order valence-corrected chi connectivity index (χ1v) is 8.20. The lowest BCUT2D eigenvalue weighted by Crippen LogP contribution is -2.21. The summed E-state index contributed by atoms with van der Waals surface area (Å²) in [7, 11) is -0.821. The molecule has 1 N–H and O–H groups in total. The van der Waals surface area contributed by atoms with E-state index < -0.39 is 17.2 Å². The number of hydrogen-bond acceptors (Lipinski definition) is 3. The van der Waals surface area contributed by atoms with Crippen molar-refractivity contribution in [1.29, 1.82) is 0 Å². The highest BCUT2D eigenvalue weighted by atomic mass is 79.9. The van der Waals surface area contributed by atoms with Gasteiger partial charge in [-0.15, -0.1) is 13.2 Å². The van der Waals surface area contributed by atoms with Crippen LogP contribution in [0.2, 0.25) is 0 Å². The van der Waals surface area contributed by atoms with E-state index in [0.29, 0.717) is 24.6 Å². The van der Waals surface area contributed by atoms with Gasteiger partial charge in [-0.1, -0.05) is 13.0 Å². The minimum atomic E-state index is -4.70. The van der Waals surface area contributed by atoms with E-state index in [1.54, 1.807) is 12.1 Å².